The van der Waals surface area contributed by atoms with E-state index < -0.39 is 0 Å². The van der Waals surface area contributed by atoms with Crippen LogP contribution in [0.5, 0.6) is 0 Å². The lowest BCUT2D eigenvalue weighted by Gasteiger charge is -2.25. The Morgan fingerprint density at radius 3 is 2.94 bits per heavy atom. The lowest BCUT2D eigenvalue weighted by atomic mass is 9.82. The molecule has 1 saturated carbocycles. The van der Waals surface area contributed by atoms with Gasteiger partial charge in [0.15, 0.2) is 0 Å². The van der Waals surface area contributed by atoms with Crippen molar-refractivity contribution in [1.82, 2.24) is 4.98 Å². The lowest BCUT2D eigenvalue weighted by molar-refractivity contribution is -0.118. The summed E-state index contributed by atoms with van der Waals surface area (Å²) in [5, 5.41) is 0. The van der Waals surface area contributed by atoms with E-state index in [0.717, 1.165) is 16.8 Å². The smallest absolute Gasteiger partial charge is 0.227 e. The van der Waals surface area contributed by atoms with Gasteiger partial charge in [-0.15, -0.1) is 0 Å². The van der Waals surface area contributed by atoms with Crippen LogP contribution in [0.2, 0.25) is 0 Å². The Balaban J connectivity index is 1.80. The monoisotopic (exact) mass is 310 g/mol. The maximum Gasteiger partial charge on any atom is 0.227 e. The van der Waals surface area contributed by atoms with Crippen molar-refractivity contribution in [1.29, 1.82) is 0 Å². The van der Waals surface area contributed by atoms with Crippen LogP contribution in [0.1, 0.15) is 38.5 Å². The number of hydrogen-bond acceptors (Lipinski definition) is 2. The topological polar surface area (TPSA) is 33.2 Å². The molecule has 0 unspecified atom stereocenters. The van der Waals surface area contributed by atoms with Gasteiger partial charge in [-0.05, 0) is 30.9 Å². The molecule has 0 spiro atoms. The number of pyridine rings is 1. The third kappa shape index (κ3) is 3.55. The van der Waals surface area contributed by atoms with Crippen molar-refractivity contribution in [3.05, 3.63) is 22.8 Å². The fraction of sp³-hybridized carbons (Fsp3) is 0.571. The number of nitrogens with zero attached hydrogens (tertiary/aromatic N) is 2. The number of halogens is 1. The van der Waals surface area contributed by atoms with Gasteiger partial charge >= 0.3 is 0 Å². The third-order valence-corrected chi connectivity index (χ3v) is 4.15. The van der Waals surface area contributed by atoms with Crippen molar-refractivity contribution >= 4 is 27.7 Å². The van der Waals surface area contributed by atoms with Gasteiger partial charge < -0.3 is 0 Å². The molecular weight excluding hydrogens is 292 g/mol. The molecule has 3 nitrogen and oxygen atoms in total. The fourth-order valence-corrected chi connectivity index (χ4v) is 2.52. The van der Waals surface area contributed by atoms with E-state index in [4.69, 9.17) is 0 Å². The zero-order chi connectivity index (χ0) is 13.0. The van der Waals surface area contributed by atoms with Crippen LogP contribution in [0, 0.1) is 5.92 Å². The molecule has 1 aliphatic rings. The molecule has 0 bridgehead atoms. The maximum absolute atomic E-state index is 12.0. The van der Waals surface area contributed by atoms with Gasteiger partial charge in [-0.2, -0.15) is 0 Å². The molecule has 1 amide bonds. The molecule has 2 rings (SSSR count). The zero-order valence-electron chi connectivity index (χ0n) is 10.7. The van der Waals surface area contributed by atoms with Gasteiger partial charge in [-0.25, -0.2) is 4.98 Å². The minimum absolute atomic E-state index is 0.153. The summed E-state index contributed by atoms with van der Waals surface area (Å²) < 4.78 is 0.946. The predicted molar refractivity (Wildman–Crippen MR) is 76.5 cm³/mol. The summed E-state index contributed by atoms with van der Waals surface area (Å²) in [5.41, 5.74) is 0. The summed E-state index contributed by atoms with van der Waals surface area (Å²) in [6.45, 7) is 0. The van der Waals surface area contributed by atoms with Crippen LogP contribution in [-0.4, -0.2) is 17.9 Å². The first-order chi connectivity index (χ1) is 8.66. The van der Waals surface area contributed by atoms with Crippen molar-refractivity contribution < 1.29 is 4.79 Å². The summed E-state index contributed by atoms with van der Waals surface area (Å²) in [5.74, 6) is 1.74. The molecule has 18 heavy (non-hydrogen) atoms. The van der Waals surface area contributed by atoms with Gasteiger partial charge in [-0.1, -0.05) is 35.2 Å². The molecule has 0 radical (unpaired) electrons. The van der Waals surface area contributed by atoms with Crippen LogP contribution < -0.4 is 4.90 Å². The molecule has 1 heterocycles. The molecule has 0 N–H and O–H groups in total. The lowest BCUT2D eigenvalue weighted by Crippen LogP contribution is -2.27. The second kappa shape index (κ2) is 6.32. The van der Waals surface area contributed by atoms with Crippen molar-refractivity contribution in [2.75, 3.05) is 11.9 Å². The maximum atomic E-state index is 12.0. The second-order valence-corrected chi connectivity index (χ2v) is 5.89. The van der Waals surface area contributed by atoms with Crippen molar-refractivity contribution in [2.45, 2.75) is 38.5 Å². The van der Waals surface area contributed by atoms with E-state index in [2.05, 4.69) is 20.9 Å². The molecule has 1 aliphatic carbocycles. The third-order valence-electron chi connectivity index (χ3n) is 3.65. The van der Waals surface area contributed by atoms with Crippen molar-refractivity contribution in [3.8, 4) is 0 Å². The van der Waals surface area contributed by atoms with Crippen LogP contribution >= 0.6 is 15.9 Å². The van der Waals surface area contributed by atoms with E-state index >= 15 is 0 Å². The van der Waals surface area contributed by atoms with Gasteiger partial charge in [0.1, 0.15) is 5.82 Å². The minimum atomic E-state index is 0.153. The fourth-order valence-electron chi connectivity index (χ4n) is 2.20. The molecule has 4 heteroatoms. The zero-order valence-corrected chi connectivity index (χ0v) is 12.3. The van der Waals surface area contributed by atoms with E-state index in [0.29, 0.717) is 12.2 Å². The van der Waals surface area contributed by atoms with E-state index in [9.17, 15) is 4.79 Å². The number of amides is 1. The molecule has 1 aromatic rings. The van der Waals surface area contributed by atoms with Crippen molar-refractivity contribution in [3.63, 3.8) is 0 Å². The highest BCUT2D eigenvalue weighted by molar-refractivity contribution is 9.10. The first kappa shape index (κ1) is 13.5. The van der Waals surface area contributed by atoms with Gasteiger partial charge in [0.2, 0.25) is 5.91 Å². The normalized spacial score (nSPS) is 15.2. The van der Waals surface area contributed by atoms with Crippen LogP contribution in [0.4, 0.5) is 5.82 Å². The van der Waals surface area contributed by atoms with Gasteiger partial charge in [0.25, 0.3) is 0 Å². The summed E-state index contributed by atoms with van der Waals surface area (Å²) in [4.78, 5) is 17.9. The van der Waals surface area contributed by atoms with E-state index in [1.807, 2.05) is 12.1 Å². The predicted octanol–water partition coefficient (Wildman–Crippen LogP) is 3.78. The Labute approximate surface area is 117 Å². The average molecular weight is 311 g/mol. The highest BCUT2D eigenvalue weighted by Gasteiger charge is 2.18. The Morgan fingerprint density at radius 2 is 2.33 bits per heavy atom. The van der Waals surface area contributed by atoms with Crippen molar-refractivity contribution in [2.24, 2.45) is 5.92 Å². The van der Waals surface area contributed by atoms with Crippen LogP contribution in [0.25, 0.3) is 0 Å². The molecule has 0 atom stereocenters. The Hall–Kier alpha value is -0.900. The van der Waals surface area contributed by atoms with Gasteiger partial charge in [0, 0.05) is 24.1 Å². The number of rotatable bonds is 5. The Kier molecular flexibility index (Phi) is 4.75. The molecular formula is C14H19BrN2O. The Bertz CT molecular complexity index is 418. The first-order valence-corrected chi connectivity index (χ1v) is 7.34. The van der Waals surface area contributed by atoms with Gasteiger partial charge in [-0.3, -0.25) is 9.69 Å². The Morgan fingerprint density at radius 1 is 1.56 bits per heavy atom. The SMILES string of the molecule is CN(C(=O)CCCC1CCC1)c1cc(Br)ccn1. The first-order valence-electron chi connectivity index (χ1n) is 6.55. The standard InChI is InChI=1S/C14H19BrN2O/c1-17(13-10-12(15)8-9-16-13)14(18)7-3-6-11-4-2-5-11/h8-11H,2-7H2,1H3. The molecule has 0 aromatic carbocycles. The number of anilines is 1. The highest BCUT2D eigenvalue weighted by Crippen LogP contribution is 2.30. The molecule has 1 fully saturated rings. The summed E-state index contributed by atoms with van der Waals surface area (Å²) >= 11 is 3.39. The van der Waals surface area contributed by atoms with Gasteiger partial charge in [0.05, 0.1) is 0 Å². The second-order valence-electron chi connectivity index (χ2n) is 4.97. The van der Waals surface area contributed by atoms with E-state index in [-0.39, 0.29) is 5.91 Å². The number of hydrogen-bond donors (Lipinski definition) is 0. The van der Waals surface area contributed by atoms with E-state index in [1.54, 1.807) is 18.1 Å². The van der Waals surface area contributed by atoms with E-state index in [1.165, 1.54) is 25.7 Å². The largest absolute Gasteiger partial charge is 0.300 e. The number of aromatic nitrogens is 1. The van der Waals surface area contributed by atoms with Crippen LogP contribution in [0.3, 0.4) is 0 Å². The summed E-state index contributed by atoms with van der Waals surface area (Å²) in [6.07, 6.45) is 8.63. The number of carbonyl (C=O) groups is 1. The minimum Gasteiger partial charge on any atom is -0.300 e. The average Bonchev–Trinajstić information content (AvgIpc) is 2.31. The summed E-state index contributed by atoms with van der Waals surface area (Å²) in [6, 6.07) is 3.72. The molecule has 1 aromatic heterocycles. The van der Waals surface area contributed by atoms with Crippen LogP contribution in [-0.2, 0) is 4.79 Å². The molecule has 0 aliphatic heterocycles. The highest BCUT2D eigenvalue weighted by atomic mass is 79.9. The quantitative estimate of drug-likeness (QED) is 0.829. The van der Waals surface area contributed by atoms with Crippen LogP contribution in [0.15, 0.2) is 22.8 Å². The number of carbonyl (C=O) groups excluding carboxylic acids is 1. The summed E-state index contributed by atoms with van der Waals surface area (Å²) in [7, 11) is 1.79. The molecule has 0 saturated heterocycles. The molecule has 98 valence electrons.